The second kappa shape index (κ2) is 4.68. The molecule has 0 bridgehead atoms. The summed E-state index contributed by atoms with van der Waals surface area (Å²) >= 11 is 0. The average molecular weight is 215 g/mol. The number of ether oxygens (including phenoxy) is 1. The van der Waals surface area contributed by atoms with E-state index < -0.39 is 0 Å². The standard InChI is InChI=1S/C13H13NO2/c14-9-10-1-5-12(6-2-10)16-13-7-3-11(15)4-8-13/h1-8,15H,9,14H2. The second-order valence-corrected chi connectivity index (χ2v) is 3.44. The Balaban J connectivity index is 2.11. The van der Waals surface area contributed by atoms with Crippen LogP contribution in [-0.2, 0) is 6.54 Å². The van der Waals surface area contributed by atoms with E-state index in [1.54, 1.807) is 24.3 Å². The summed E-state index contributed by atoms with van der Waals surface area (Å²) in [5.74, 6) is 1.67. The van der Waals surface area contributed by atoms with Gasteiger partial charge in [-0.3, -0.25) is 0 Å². The van der Waals surface area contributed by atoms with Crippen LogP contribution in [0.25, 0.3) is 0 Å². The van der Waals surface area contributed by atoms with Crippen LogP contribution in [0.3, 0.4) is 0 Å². The van der Waals surface area contributed by atoms with Gasteiger partial charge in [0.15, 0.2) is 0 Å². The molecular weight excluding hydrogens is 202 g/mol. The van der Waals surface area contributed by atoms with E-state index in [9.17, 15) is 0 Å². The highest BCUT2D eigenvalue weighted by Gasteiger charge is 1.97. The van der Waals surface area contributed by atoms with E-state index in [0.717, 1.165) is 11.3 Å². The van der Waals surface area contributed by atoms with Crippen molar-refractivity contribution in [3.8, 4) is 17.2 Å². The first-order valence-electron chi connectivity index (χ1n) is 5.04. The summed E-state index contributed by atoms with van der Waals surface area (Å²) in [4.78, 5) is 0. The lowest BCUT2D eigenvalue weighted by Gasteiger charge is -2.06. The Hall–Kier alpha value is -2.00. The molecule has 0 aliphatic carbocycles. The largest absolute Gasteiger partial charge is 0.508 e. The zero-order chi connectivity index (χ0) is 11.4. The summed E-state index contributed by atoms with van der Waals surface area (Å²) in [6.07, 6.45) is 0. The third-order valence-electron chi connectivity index (χ3n) is 2.23. The summed E-state index contributed by atoms with van der Waals surface area (Å²) in [6, 6.07) is 14.2. The number of rotatable bonds is 3. The molecule has 0 radical (unpaired) electrons. The molecule has 2 rings (SSSR count). The fraction of sp³-hybridized carbons (Fsp3) is 0.0769. The summed E-state index contributed by atoms with van der Waals surface area (Å²) in [7, 11) is 0. The van der Waals surface area contributed by atoms with Crippen LogP contribution in [-0.4, -0.2) is 5.11 Å². The molecule has 0 spiro atoms. The lowest BCUT2D eigenvalue weighted by Crippen LogP contribution is -1.95. The molecular formula is C13H13NO2. The van der Waals surface area contributed by atoms with E-state index in [-0.39, 0.29) is 5.75 Å². The maximum atomic E-state index is 9.12. The SMILES string of the molecule is NCc1ccc(Oc2ccc(O)cc2)cc1. The molecule has 82 valence electrons. The molecule has 0 saturated heterocycles. The fourth-order valence-corrected chi connectivity index (χ4v) is 1.34. The molecule has 3 heteroatoms. The first kappa shape index (κ1) is 10.5. The van der Waals surface area contributed by atoms with Crippen molar-refractivity contribution in [2.45, 2.75) is 6.54 Å². The number of phenolic OH excluding ortho intramolecular Hbond substituents is 1. The Kier molecular flexibility index (Phi) is 3.08. The molecule has 0 aliphatic rings. The van der Waals surface area contributed by atoms with Gasteiger partial charge >= 0.3 is 0 Å². The number of hydrogen-bond donors (Lipinski definition) is 2. The van der Waals surface area contributed by atoms with Gasteiger partial charge in [-0.25, -0.2) is 0 Å². The van der Waals surface area contributed by atoms with Crippen molar-refractivity contribution in [1.82, 2.24) is 0 Å². The van der Waals surface area contributed by atoms with Crippen molar-refractivity contribution in [2.75, 3.05) is 0 Å². The molecule has 2 aromatic rings. The minimum atomic E-state index is 0.228. The van der Waals surface area contributed by atoms with Crippen LogP contribution in [0.1, 0.15) is 5.56 Å². The smallest absolute Gasteiger partial charge is 0.127 e. The third-order valence-corrected chi connectivity index (χ3v) is 2.23. The maximum absolute atomic E-state index is 9.12. The highest BCUT2D eigenvalue weighted by Crippen LogP contribution is 2.23. The number of aromatic hydroxyl groups is 1. The lowest BCUT2D eigenvalue weighted by molar-refractivity contribution is 0.464. The van der Waals surface area contributed by atoms with Gasteiger partial charge in [0.2, 0.25) is 0 Å². The van der Waals surface area contributed by atoms with E-state index in [1.165, 1.54) is 0 Å². The van der Waals surface area contributed by atoms with Crippen molar-refractivity contribution < 1.29 is 9.84 Å². The Labute approximate surface area is 94.1 Å². The summed E-state index contributed by atoms with van der Waals surface area (Å²) < 4.78 is 5.58. The Morgan fingerprint density at radius 3 is 1.88 bits per heavy atom. The van der Waals surface area contributed by atoms with Gasteiger partial charge in [0.05, 0.1) is 0 Å². The zero-order valence-electron chi connectivity index (χ0n) is 8.76. The summed E-state index contributed by atoms with van der Waals surface area (Å²) in [6.45, 7) is 0.527. The van der Waals surface area contributed by atoms with Crippen LogP contribution in [0.4, 0.5) is 0 Å². The van der Waals surface area contributed by atoms with Gasteiger partial charge in [-0.1, -0.05) is 12.1 Å². The molecule has 0 saturated carbocycles. The van der Waals surface area contributed by atoms with Crippen molar-refractivity contribution in [3.05, 3.63) is 54.1 Å². The molecule has 3 N–H and O–H groups in total. The molecule has 3 nitrogen and oxygen atoms in total. The summed E-state index contributed by atoms with van der Waals surface area (Å²) in [5.41, 5.74) is 6.57. The van der Waals surface area contributed by atoms with E-state index >= 15 is 0 Å². The van der Waals surface area contributed by atoms with E-state index in [0.29, 0.717) is 12.3 Å². The van der Waals surface area contributed by atoms with Crippen LogP contribution in [0.2, 0.25) is 0 Å². The topological polar surface area (TPSA) is 55.5 Å². The van der Waals surface area contributed by atoms with Gasteiger partial charge in [-0.15, -0.1) is 0 Å². The van der Waals surface area contributed by atoms with Crippen LogP contribution in [0.15, 0.2) is 48.5 Å². The molecule has 2 aromatic carbocycles. The number of benzene rings is 2. The second-order valence-electron chi connectivity index (χ2n) is 3.44. The Morgan fingerprint density at radius 2 is 1.38 bits per heavy atom. The van der Waals surface area contributed by atoms with Crippen LogP contribution < -0.4 is 10.5 Å². The van der Waals surface area contributed by atoms with Crippen molar-refractivity contribution in [2.24, 2.45) is 5.73 Å². The van der Waals surface area contributed by atoms with Crippen molar-refractivity contribution in [3.63, 3.8) is 0 Å². The van der Waals surface area contributed by atoms with Crippen LogP contribution >= 0.6 is 0 Å². The maximum Gasteiger partial charge on any atom is 0.127 e. The quantitative estimate of drug-likeness (QED) is 0.827. The Morgan fingerprint density at radius 1 is 0.875 bits per heavy atom. The minimum Gasteiger partial charge on any atom is -0.508 e. The first-order valence-corrected chi connectivity index (χ1v) is 5.04. The van der Waals surface area contributed by atoms with Gasteiger partial charge in [0.25, 0.3) is 0 Å². The number of nitrogens with two attached hydrogens (primary N) is 1. The monoisotopic (exact) mass is 215 g/mol. The van der Waals surface area contributed by atoms with Crippen LogP contribution in [0, 0.1) is 0 Å². The van der Waals surface area contributed by atoms with E-state index in [4.69, 9.17) is 15.6 Å². The lowest BCUT2D eigenvalue weighted by atomic mass is 10.2. The third kappa shape index (κ3) is 2.52. The van der Waals surface area contributed by atoms with Crippen LogP contribution in [0.5, 0.6) is 17.2 Å². The Bertz CT molecular complexity index is 448. The molecule has 0 aliphatic heterocycles. The van der Waals surface area contributed by atoms with E-state index in [1.807, 2.05) is 24.3 Å². The van der Waals surface area contributed by atoms with Gasteiger partial charge < -0.3 is 15.6 Å². The van der Waals surface area contributed by atoms with Crippen molar-refractivity contribution >= 4 is 0 Å². The molecule has 0 amide bonds. The molecule has 0 atom stereocenters. The molecule has 0 heterocycles. The van der Waals surface area contributed by atoms with Gasteiger partial charge in [0.1, 0.15) is 17.2 Å². The predicted octanol–water partition coefficient (Wildman–Crippen LogP) is 2.64. The predicted molar refractivity (Wildman–Crippen MR) is 62.5 cm³/mol. The minimum absolute atomic E-state index is 0.228. The van der Waals surface area contributed by atoms with Gasteiger partial charge in [0, 0.05) is 6.54 Å². The average Bonchev–Trinajstić information content (AvgIpc) is 2.33. The molecule has 0 unspecified atom stereocenters. The zero-order valence-corrected chi connectivity index (χ0v) is 8.76. The van der Waals surface area contributed by atoms with Gasteiger partial charge in [-0.2, -0.15) is 0 Å². The van der Waals surface area contributed by atoms with E-state index in [2.05, 4.69) is 0 Å². The first-order chi connectivity index (χ1) is 7.78. The number of hydrogen-bond acceptors (Lipinski definition) is 3. The molecule has 0 aromatic heterocycles. The van der Waals surface area contributed by atoms with Gasteiger partial charge in [-0.05, 0) is 42.0 Å². The highest BCUT2D eigenvalue weighted by atomic mass is 16.5. The fourth-order valence-electron chi connectivity index (χ4n) is 1.34. The molecule has 16 heavy (non-hydrogen) atoms. The number of phenols is 1. The normalized spacial score (nSPS) is 10.1. The van der Waals surface area contributed by atoms with Crippen molar-refractivity contribution in [1.29, 1.82) is 0 Å². The molecule has 0 fully saturated rings. The summed E-state index contributed by atoms with van der Waals surface area (Å²) in [5, 5.41) is 9.12. The highest BCUT2D eigenvalue weighted by molar-refractivity contribution is 5.35.